The molecule has 1 saturated carbocycles. The molecule has 2 aliphatic rings. The first-order valence-electron chi connectivity index (χ1n) is 10.6. The number of Topliss-reactive ketones (excluding diaryl/α,β-unsaturated/α-hetero) is 1. The van der Waals surface area contributed by atoms with Crippen LogP contribution in [0.25, 0.3) is 5.69 Å². The molecule has 0 spiro atoms. The third kappa shape index (κ3) is 4.33. The molecule has 9 heteroatoms. The van der Waals surface area contributed by atoms with Gasteiger partial charge in [-0.15, -0.1) is 0 Å². The summed E-state index contributed by atoms with van der Waals surface area (Å²) in [6.45, 7) is 4.18. The fourth-order valence-corrected chi connectivity index (χ4v) is 3.82. The van der Waals surface area contributed by atoms with Gasteiger partial charge in [-0.05, 0) is 31.9 Å². The lowest BCUT2D eigenvalue weighted by Gasteiger charge is -2.24. The van der Waals surface area contributed by atoms with Gasteiger partial charge < -0.3 is 0 Å². The van der Waals surface area contributed by atoms with Crippen molar-refractivity contribution in [3.8, 4) is 5.69 Å². The van der Waals surface area contributed by atoms with Gasteiger partial charge in [0, 0.05) is 35.8 Å². The number of carbonyl (C=O) groups excluding carboxylic acids is 1. The third-order valence-electron chi connectivity index (χ3n) is 5.80. The minimum absolute atomic E-state index is 0.0336. The first-order chi connectivity index (χ1) is 15.2. The fourth-order valence-electron chi connectivity index (χ4n) is 3.82. The lowest BCUT2D eigenvalue weighted by Crippen LogP contribution is -2.40. The van der Waals surface area contributed by atoms with Crippen molar-refractivity contribution in [2.24, 2.45) is 0 Å². The lowest BCUT2D eigenvalue weighted by molar-refractivity contribution is 0.0775. The average Bonchev–Trinajstić information content (AvgIpc) is 3.55. The molecule has 1 atom stereocenters. The molecule has 31 heavy (non-hydrogen) atoms. The van der Waals surface area contributed by atoms with E-state index in [-0.39, 0.29) is 11.8 Å². The molecule has 160 valence electrons. The minimum atomic E-state index is 0.0336. The second kappa shape index (κ2) is 8.52. The molecular formula is C22H25N7O2. The van der Waals surface area contributed by atoms with E-state index in [0.29, 0.717) is 43.4 Å². The second-order valence-electron chi connectivity index (χ2n) is 8.05. The summed E-state index contributed by atoms with van der Waals surface area (Å²) in [6, 6.07) is 9.55. The Balaban J connectivity index is 1.29. The molecule has 5 rings (SSSR count). The van der Waals surface area contributed by atoms with Gasteiger partial charge in [0.25, 0.3) is 0 Å². The van der Waals surface area contributed by atoms with Crippen LogP contribution in [-0.2, 0) is 4.84 Å². The van der Waals surface area contributed by atoms with E-state index < -0.39 is 0 Å². The fraction of sp³-hybridized carbons (Fsp3) is 0.409. The molecule has 1 aromatic carbocycles. The van der Waals surface area contributed by atoms with E-state index in [2.05, 4.69) is 32.0 Å². The molecule has 1 aliphatic carbocycles. The van der Waals surface area contributed by atoms with Crippen LogP contribution in [0.1, 0.15) is 41.7 Å². The maximum Gasteiger partial charge on any atom is 0.179 e. The smallest absolute Gasteiger partial charge is 0.179 e. The largest absolute Gasteiger partial charge is 0.293 e. The molecule has 0 bridgehead atoms. The van der Waals surface area contributed by atoms with Gasteiger partial charge in [-0.3, -0.25) is 14.5 Å². The summed E-state index contributed by atoms with van der Waals surface area (Å²) in [6.07, 6.45) is 7.21. The van der Waals surface area contributed by atoms with E-state index in [1.54, 1.807) is 18.7 Å². The molecule has 0 radical (unpaired) electrons. The monoisotopic (exact) mass is 419 g/mol. The van der Waals surface area contributed by atoms with Gasteiger partial charge in [0.2, 0.25) is 0 Å². The predicted molar refractivity (Wildman–Crippen MR) is 114 cm³/mol. The molecule has 2 aromatic heterocycles. The molecule has 0 N–H and O–H groups in total. The summed E-state index contributed by atoms with van der Waals surface area (Å²) in [5.74, 6) is 1.38. The number of ketones is 1. The van der Waals surface area contributed by atoms with Gasteiger partial charge >= 0.3 is 0 Å². The number of hydrogen-bond donors (Lipinski definition) is 0. The highest BCUT2D eigenvalue weighted by Gasteiger charge is 2.28. The zero-order chi connectivity index (χ0) is 21.2. The van der Waals surface area contributed by atoms with Crippen LogP contribution in [0.3, 0.4) is 0 Å². The highest BCUT2D eigenvalue weighted by molar-refractivity contribution is 6.00. The number of aromatic nitrogens is 5. The number of rotatable bonds is 6. The Morgan fingerprint density at radius 2 is 1.94 bits per heavy atom. The van der Waals surface area contributed by atoms with Crippen molar-refractivity contribution >= 4 is 11.6 Å². The van der Waals surface area contributed by atoms with Gasteiger partial charge in [-0.1, -0.05) is 12.1 Å². The number of hydrogen-bond acceptors (Lipinski definition) is 8. The molecule has 3 heterocycles. The lowest BCUT2D eigenvalue weighted by atomic mass is 10.1. The summed E-state index contributed by atoms with van der Waals surface area (Å²) < 4.78 is 0. The molecule has 0 unspecified atom stereocenters. The van der Waals surface area contributed by atoms with E-state index in [1.807, 2.05) is 35.4 Å². The standard InChI is InChI=1S/C22H25N7O2/c1-16-14-31-28(22-12-19(17-6-7-17)23-15-24-22)11-10-27(16)13-21(30)18-4-2-3-5-20(18)29-25-8-9-26-29/h2-5,8-9,12,15-17H,6-7,10-11,13-14H2,1H3/t16-/m1/s1. The van der Waals surface area contributed by atoms with Crippen LogP contribution in [0.15, 0.2) is 49.1 Å². The first kappa shape index (κ1) is 19.8. The quantitative estimate of drug-likeness (QED) is 0.562. The van der Waals surface area contributed by atoms with Crippen LogP contribution < -0.4 is 5.06 Å². The Labute approximate surface area is 180 Å². The van der Waals surface area contributed by atoms with Crippen molar-refractivity contribution in [1.82, 2.24) is 29.9 Å². The summed E-state index contributed by atoms with van der Waals surface area (Å²) >= 11 is 0. The highest BCUT2D eigenvalue weighted by atomic mass is 16.7. The number of hydroxylamine groups is 1. The van der Waals surface area contributed by atoms with Crippen LogP contribution in [0, 0.1) is 0 Å². The molecule has 9 nitrogen and oxygen atoms in total. The van der Waals surface area contributed by atoms with Crippen molar-refractivity contribution in [2.75, 3.05) is 31.3 Å². The third-order valence-corrected chi connectivity index (χ3v) is 5.80. The van der Waals surface area contributed by atoms with Crippen LogP contribution in [0.2, 0.25) is 0 Å². The molecule has 1 aliphatic heterocycles. The minimum Gasteiger partial charge on any atom is -0.293 e. The Morgan fingerprint density at radius 1 is 1.13 bits per heavy atom. The van der Waals surface area contributed by atoms with Crippen molar-refractivity contribution in [1.29, 1.82) is 0 Å². The number of para-hydroxylation sites is 1. The average molecular weight is 419 g/mol. The van der Waals surface area contributed by atoms with Gasteiger partial charge in [-0.2, -0.15) is 15.0 Å². The zero-order valence-corrected chi connectivity index (χ0v) is 17.5. The normalized spacial score (nSPS) is 19.9. The zero-order valence-electron chi connectivity index (χ0n) is 17.5. The second-order valence-corrected chi connectivity index (χ2v) is 8.05. The van der Waals surface area contributed by atoms with Crippen molar-refractivity contribution < 1.29 is 9.63 Å². The first-order valence-corrected chi connectivity index (χ1v) is 10.6. The SMILES string of the molecule is C[C@@H]1CON(c2cc(C3CC3)ncn2)CCN1CC(=O)c1ccccc1-n1nccn1. The van der Waals surface area contributed by atoms with Crippen LogP contribution in [0.4, 0.5) is 5.82 Å². The maximum absolute atomic E-state index is 13.2. The van der Waals surface area contributed by atoms with E-state index in [0.717, 1.165) is 11.5 Å². The Bertz CT molecular complexity index is 1050. The van der Waals surface area contributed by atoms with Crippen LogP contribution in [0.5, 0.6) is 0 Å². The highest BCUT2D eigenvalue weighted by Crippen LogP contribution is 2.39. The number of anilines is 1. The van der Waals surface area contributed by atoms with Gasteiger partial charge in [-0.25, -0.2) is 15.0 Å². The summed E-state index contributed by atoms with van der Waals surface area (Å²) in [7, 11) is 0. The van der Waals surface area contributed by atoms with Gasteiger partial charge in [0.15, 0.2) is 11.6 Å². The summed E-state index contributed by atoms with van der Waals surface area (Å²) in [4.78, 5) is 31.6. The van der Waals surface area contributed by atoms with E-state index in [9.17, 15) is 4.79 Å². The van der Waals surface area contributed by atoms with Gasteiger partial charge in [0.05, 0.1) is 37.8 Å². The molecule has 1 saturated heterocycles. The van der Waals surface area contributed by atoms with Crippen molar-refractivity contribution in [3.63, 3.8) is 0 Å². The molecule has 2 fully saturated rings. The molecular weight excluding hydrogens is 394 g/mol. The number of carbonyl (C=O) groups is 1. The Hall–Kier alpha value is -3.17. The van der Waals surface area contributed by atoms with E-state index >= 15 is 0 Å². The maximum atomic E-state index is 13.2. The van der Waals surface area contributed by atoms with Crippen LogP contribution in [-0.4, -0.2) is 67.9 Å². The Morgan fingerprint density at radius 3 is 2.74 bits per heavy atom. The van der Waals surface area contributed by atoms with E-state index in [4.69, 9.17) is 4.84 Å². The summed E-state index contributed by atoms with van der Waals surface area (Å²) in [5.41, 5.74) is 2.38. The van der Waals surface area contributed by atoms with Crippen molar-refractivity contribution in [2.45, 2.75) is 31.7 Å². The molecule has 3 aromatic rings. The van der Waals surface area contributed by atoms with E-state index in [1.165, 1.54) is 17.6 Å². The topological polar surface area (TPSA) is 89.3 Å². The Kier molecular flexibility index (Phi) is 5.44. The molecule has 0 amide bonds. The van der Waals surface area contributed by atoms with Crippen LogP contribution >= 0.6 is 0 Å². The predicted octanol–water partition coefficient (Wildman–Crippen LogP) is 2.26. The van der Waals surface area contributed by atoms with Gasteiger partial charge in [0.1, 0.15) is 6.33 Å². The number of benzene rings is 1. The van der Waals surface area contributed by atoms with Crippen molar-refractivity contribution in [3.05, 3.63) is 60.3 Å². The number of nitrogens with zero attached hydrogens (tertiary/aromatic N) is 7. The summed E-state index contributed by atoms with van der Waals surface area (Å²) in [5, 5.41) is 10.2.